The number of nitrogens with two attached hydrogens (primary N) is 2. The monoisotopic (exact) mass is 355 g/mol. The van der Waals surface area contributed by atoms with Crippen LogP contribution in [0, 0.1) is 0 Å². The summed E-state index contributed by atoms with van der Waals surface area (Å²) in [4.78, 5) is 26.4. The maximum absolute atomic E-state index is 13.3. The zero-order valence-electron chi connectivity index (χ0n) is 15.5. The summed E-state index contributed by atoms with van der Waals surface area (Å²) in [5, 5.41) is 9.34. The highest BCUT2D eigenvalue weighted by molar-refractivity contribution is 6.06. The van der Waals surface area contributed by atoms with Crippen LogP contribution in [0.5, 0.6) is 0 Å². The quantitative estimate of drug-likeness (QED) is 0.711. The summed E-state index contributed by atoms with van der Waals surface area (Å²) in [5.74, 6) is -1.35. The average molecular weight is 355 g/mol. The molecular formula is C20H25N3O3. The van der Waals surface area contributed by atoms with Crippen LogP contribution in [0.3, 0.4) is 0 Å². The van der Waals surface area contributed by atoms with Crippen LogP contribution in [0.2, 0.25) is 0 Å². The Labute approximate surface area is 153 Å². The molecule has 0 aromatic heterocycles. The first kappa shape index (κ1) is 19.3. The summed E-state index contributed by atoms with van der Waals surface area (Å²) >= 11 is 0. The summed E-state index contributed by atoms with van der Waals surface area (Å²) in [5.41, 5.74) is 14.4. The molecule has 0 saturated heterocycles. The molecule has 138 valence electrons. The Balaban J connectivity index is 2.75. The van der Waals surface area contributed by atoms with Gasteiger partial charge in [-0.15, -0.1) is 0 Å². The maximum atomic E-state index is 13.3. The molecular weight excluding hydrogens is 330 g/mol. The maximum Gasteiger partial charge on any atom is 0.335 e. The van der Waals surface area contributed by atoms with E-state index in [9.17, 15) is 14.7 Å². The normalized spacial score (nSPS) is 11.0. The molecule has 1 amide bonds. The van der Waals surface area contributed by atoms with Gasteiger partial charge in [-0.05, 0) is 57.5 Å². The number of hydrogen-bond donors (Lipinski definition) is 3. The van der Waals surface area contributed by atoms with Gasteiger partial charge < -0.3 is 21.5 Å². The first-order chi connectivity index (χ1) is 12.1. The van der Waals surface area contributed by atoms with Gasteiger partial charge in [-0.2, -0.15) is 0 Å². The molecule has 0 unspecified atom stereocenters. The van der Waals surface area contributed by atoms with E-state index in [-0.39, 0.29) is 29.1 Å². The summed E-state index contributed by atoms with van der Waals surface area (Å²) in [7, 11) is 0. The molecule has 0 radical (unpaired) electrons. The van der Waals surface area contributed by atoms with Crippen molar-refractivity contribution in [1.82, 2.24) is 4.90 Å². The number of carbonyl (C=O) groups excluding carboxylic acids is 1. The summed E-state index contributed by atoms with van der Waals surface area (Å²) in [6.07, 6.45) is 0. The minimum atomic E-state index is -1.10. The predicted molar refractivity (Wildman–Crippen MR) is 104 cm³/mol. The fraction of sp³-hybridized carbons (Fsp3) is 0.300. The average Bonchev–Trinajstić information content (AvgIpc) is 2.53. The third kappa shape index (κ3) is 3.64. The zero-order chi connectivity index (χ0) is 19.6. The van der Waals surface area contributed by atoms with E-state index < -0.39 is 5.97 Å². The first-order valence-electron chi connectivity index (χ1n) is 8.49. The van der Waals surface area contributed by atoms with Gasteiger partial charge in [-0.25, -0.2) is 4.79 Å². The molecule has 0 atom stereocenters. The van der Waals surface area contributed by atoms with E-state index in [2.05, 4.69) is 0 Å². The molecule has 26 heavy (non-hydrogen) atoms. The minimum absolute atomic E-state index is 0.0395. The number of nitrogens with zero attached hydrogens (tertiary/aromatic N) is 1. The topological polar surface area (TPSA) is 110 Å². The van der Waals surface area contributed by atoms with Crippen LogP contribution in [0.4, 0.5) is 11.4 Å². The van der Waals surface area contributed by atoms with Crippen molar-refractivity contribution in [1.29, 1.82) is 0 Å². The molecule has 6 heteroatoms. The lowest BCUT2D eigenvalue weighted by atomic mass is 9.93. The van der Waals surface area contributed by atoms with E-state index in [1.165, 1.54) is 12.1 Å². The summed E-state index contributed by atoms with van der Waals surface area (Å²) < 4.78 is 0. The lowest BCUT2D eigenvalue weighted by Gasteiger charge is -2.31. The van der Waals surface area contributed by atoms with Crippen molar-refractivity contribution in [2.24, 2.45) is 0 Å². The van der Waals surface area contributed by atoms with Gasteiger partial charge >= 0.3 is 5.97 Å². The van der Waals surface area contributed by atoms with Crippen LogP contribution in [0.25, 0.3) is 11.1 Å². The molecule has 0 bridgehead atoms. The van der Waals surface area contributed by atoms with Crippen molar-refractivity contribution < 1.29 is 14.7 Å². The molecule has 0 aliphatic rings. The number of hydrogen-bond acceptors (Lipinski definition) is 4. The number of nitrogen functional groups attached to an aromatic ring is 2. The molecule has 2 aromatic carbocycles. The van der Waals surface area contributed by atoms with Crippen molar-refractivity contribution in [3.05, 3.63) is 47.5 Å². The number of carboxylic acid groups (broad SMARTS) is 1. The molecule has 0 fully saturated rings. The Morgan fingerprint density at radius 1 is 0.962 bits per heavy atom. The van der Waals surface area contributed by atoms with Crippen LogP contribution < -0.4 is 11.5 Å². The Morgan fingerprint density at radius 2 is 1.50 bits per heavy atom. The Kier molecular flexibility index (Phi) is 5.55. The number of anilines is 2. The van der Waals surface area contributed by atoms with Crippen LogP contribution in [0.15, 0.2) is 36.4 Å². The van der Waals surface area contributed by atoms with E-state index in [4.69, 9.17) is 11.5 Å². The molecule has 2 rings (SSSR count). The second kappa shape index (κ2) is 7.47. The minimum Gasteiger partial charge on any atom is -0.478 e. The second-order valence-corrected chi connectivity index (χ2v) is 6.78. The predicted octanol–water partition coefficient (Wildman–Crippen LogP) is 3.48. The van der Waals surface area contributed by atoms with E-state index >= 15 is 0 Å². The van der Waals surface area contributed by atoms with Crippen LogP contribution >= 0.6 is 0 Å². The fourth-order valence-electron chi connectivity index (χ4n) is 3.18. The van der Waals surface area contributed by atoms with Crippen molar-refractivity contribution in [2.75, 3.05) is 11.5 Å². The highest BCUT2D eigenvalue weighted by atomic mass is 16.4. The highest BCUT2D eigenvalue weighted by Crippen LogP contribution is 2.35. The molecule has 0 aliphatic heterocycles. The summed E-state index contributed by atoms with van der Waals surface area (Å²) in [6.45, 7) is 7.68. The van der Waals surface area contributed by atoms with Gasteiger partial charge in [0, 0.05) is 34.6 Å². The van der Waals surface area contributed by atoms with Crippen molar-refractivity contribution in [3.63, 3.8) is 0 Å². The standard InChI is InChI=1S/C20H25N3O3/c1-11(2)23(12(3)4)19(24)15-10-13(20(25)26)8-9-14(15)18-16(21)6-5-7-17(18)22/h5-12H,21-22H2,1-4H3,(H,25,26). The molecule has 2 aromatic rings. The molecule has 6 nitrogen and oxygen atoms in total. The Morgan fingerprint density at radius 3 is 1.96 bits per heavy atom. The fourth-order valence-corrected chi connectivity index (χ4v) is 3.18. The molecule has 0 aliphatic carbocycles. The van der Waals surface area contributed by atoms with Crippen molar-refractivity contribution >= 4 is 23.3 Å². The highest BCUT2D eigenvalue weighted by Gasteiger charge is 2.26. The number of aromatic carboxylic acids is 1. The first-order valence-corrected chi connectivity index (χ1v) is 8.49. The summed E-state index contributed by atoms with van der Waals surface area (Å²) in [6, 6.07) is 9.48. The van der Waals surface area contributed by atoms with Gasteiger partial charge in [0.1, 0.15) is 0 Å². The van der Waals surface area contributed by atoms with Gasteiger partial charge in [-0.3, -0.25) is 4.79 Å². The Hall–Kier alpha value is -3.02. The van der Waals surface area contributed by atoms with Crippen LogP contribution in [-0.4, -0.2) is 34.0 Å². The molecule has 5 N–H and O–H groups in total. The number of benzene rings is 2. The van der Waals surface area contributed by atoms with Gasteiger partial charge in [0.2, 0.25) is 0 Å². The smallest absolute Gasteiger partial charge is 0.335 e. The number of carbonyl (C=O) groups is 2. The van der Waals surface area contributed by atoms with Crippen molar-refractivity contribution in [2.45, 2.75) is 39.8 Å². The molecule has 0 saturated carbocycles. The largest absolute Gasteiger partial charge is 0.478 e. The van der Waals surface area contributed by atoms with Gasteiger partial charge in [0.05, 0.1) is 5.56 Å². The van der Waals surface area contributed by atoms with Gasteiger partial charge in [0.15, 0.2) is 0 Å². The lowest BCUT2D eigenvalue weighted by molar-refractivity contribution is 0.0644. The molecule has 0 spiro atoms. The number of rotatable bonds is 5. The van der Waals surface area contributed by atoms with Gasteiger partial charge in [-0.1, -0.05) is 12.1 Å². The third-order valence-corrected chi connectivity index (χ3v) is 4.24. The third-order valence-electron chi connectivity index (χ3n) is 4.24. The SMILES string of the molecule is CC(C)N(C(=O)c1cc(C(=O)O)ccc1-c1c(N)cccc1N)C(C)C. The Bertz CT molecular complexity index is 816. The van der Waals surface area contributed by atoms with E-state index in [0.29, 0.717) is 22.5 Å². The van der Waals surface area contributed by atoms with Crippen LogP contribution in [-0.2, 0) is 0 Å². The zero-order valence-corrected chi connectivity index (χ0v) is 15.5. The van der Waals surface area contributed by atoms with Gasteiger partial charge in [0.25, 0.3) is 5.91 Å². The number of carboxylic acids is 1. The van der Waals surface area contributed by atoms with E-state index in [1.807, 2.05) is 27.7 Å². The van der Waals surface area contributed by atoms with E-state index in [1.54, 1.807) is 29.2 Å². The van der Waals surface area contributed by atoms with Crippen molar-refractivity contribution in [3.8, 4) is 11.1 Å². The second-order valence-electron chi connectivity index (χ2n) is 6.78. The van der Waals surface area contributed by atoms with E-state index in [0.717, 1.165) is 0 Å². The number of amides is 1. The molecule has 0 heterocycles. The lowest BCUT2D eigenvalue weighted by Crippen LogP contribution is -2.42. The van der Waals surface area contributed by atoms with Crippen LogP contribution in [0.1, 0.15) is 48.4 Å².